The molecule has 3 rings (SSSR count). The first-order valence-corrected chi connectivity index (χ1v) is 7.53. The Hall–Kier alpha value is -1.20. The molecule has 0 amide bonds. The van der Waals surface area contributed by atoms with Crippen molar-refractivity contribution in [3.8, 4) is 5.88 Å². The monoisotopic (exact) mass is 277 g/mol. The van der Waals surface area contributed by atoms with Gasteiger partial charge in [0.05, 0.1) is 12.8 Å². The Balaban J connectivity index is 1.63. The van der Waals surface area contributed by atoms with Crippen LogP contribution in [0.1, 0.15) is 24.1 Å². The Morgan fingerprint density at radius 3 is 2.85 bits per heavy atom. The first kappa shape index (κ1) is 13.8. The van der Waals surface area contributed by atoms with Crippen molar-refractivity contribution in [2.24, 2.45) is 5.92 Å². The van der Waals surface area contributed by atoms with Gasteiger partial charge in [-0.05, 0) is 25.2 Å². The maximum Gasteiger partial charge on any atom is 0.219 e. The van der Waals surface area contributed by atoms with Crippen LogP contribution in [0.2, 0.25) is 0 Å². The normalized spacial score (nSPS) is 21.2. The average molecular weight is 277 g/mol. The average Bonchev–Trinajstić information content (AvgIpc) is 2.71. The molecule has 1 saturated heterocycles. The Bertz CT molecular complexity index is 447. The molecule has 0 spiro atoms. The molecular weight excluding hydrogens is 254 g/mol. The zero-order valence-electron chi connectivity index (χ0n) is 12.2. The summed E-state index contributed by atoms with van der Waals surface area (Å²) in [5.74, 6) is 1.54. The van der Waals surface area contributed by atoms with Gasteiger partial charge in [0.25, 0.3) is 0 Å². The quantitative estimate of drug-likeness (QED) is 0.834. The summed E-state index contributed by atoms with van der Waals surface area (Å²) in [6, 6.07) is 0. The van der Waals surface area contributed by atoms with E-state index in [1.54, 1.807) is 13.4 Å². The van der Waals surface area contributed by atoms with Crippen LogP contribution >= 0.6 is 0 Å². The summed E-state index contributed by atoms with van der Waals surface area (Å²) in [5.41, 5.74) is 2.36. The number of methoxy groups -OCH3 is 1. The second-order valence-electron chi connectivity index (χ2n) is 5.66. The highest BCUT2D eigenvalue weighted by Gasteiger charge is 2.22. The van der Waals surface area contributed by atoms with Gasteiger partial charge in [-0.25, -0.2) is 9.97 Å². The maximum atomic E-state index is 5.44. The van der Waals surface area contributed by atoms with Crippen molar-refractivity contribution in [1.82, 2.24) is 14.9 Å². The molecule has 3 heterocycles. The molecule has 5 heteroatoms. The zero-order valence-corrected chi connectivity index (χ0v) is 12.2. The lowest BCUT2D eigenvalue weighted by atomic mass is 9.99. The summed E-state index contributed by atoms with van der Waals surface area (Å²) in [6.07, 6.45) is 6.00. The number of ether oxygens (including phenoxy) is 2. The third kappa shape index (κ3) is 3.10. The van der Waals surface area contributed by atoms with Crippen molar-refractivity contribution in [3.05, 3.63) is 17.6 Å². The highest BCUT2D eigenvalue weighted by atomic mass is 16.5. The first-order valence-electron chi connectivity index (χ1n) is 7.53. The molecule has 0 radical (unpaired) electrons. The first-order chi connectivity index (χ1) is 9.86. The molecule has 0 aromatic carbocycles. The van der Waals surface area contributed by atoms with Crippen molar-refractivity contribution in [1.29, 1.82) is 0 Å². The summed E-state index contributed by atoms with van der Waals surface area (Å²) in [7, 11) is 1.69. The van der Waals surface area contributed by atoms with Gasteiger partial charge in [-0.2, -0.15) is 0 Å². The summed E-state index contributed by atoms with van der Waals surface area (Å²) >= 11 is 0. The Kier molecular flexibility index (Phi) is 4.47. The van der Waals surface area contributed by atoms with Crippen LogP contribution in [0.5, 0.6) is 5.88 Å². The molecule has 1 aromatic heterocycles. The largest absolute Gasteiger partial charge is 0.481 e. The zero-order chi connectivity index (χ0) is 13.8. The lowest BCUT2D eigenvalue weighted by molar-refractivity contribution is 0.0530. The van der Waals surface area contributed by atoms with Crippen molar-refractivity contribution >= 4 is 0 Å². The number of aromatic nitrogens is 2. The molecule has 1 fully saturated rings. The van der Waals surface area contributed by atoms with E-state index < -0.39 is 0 Å². The lowest BCUT2D eigenvalue weighted by Crippen LogP contribution is -2.34. The van der Waals surface area contributed by atoms with Gasteiger partial charge >= 0.3 is 0 Å². The fourth-order valence-corrected chi connectivity index (χ4v) is 3.20. The van der Waals surface area contributed by atoms with Crippen molar-refractivity contribution in [3.63, 3.8) is 0 Å². The highest BCUT2D eigenvalue weighted by Crippen LogP contribution is 2.23. The van der Waals surface area contributed by atoms with Crippen LogP contribution in [0, 0.1) is 5.92 Å². The summed E-state index contributed by atoms with van der Waals surface area (Å²) in [4.78, 5) is 11.2. The minimum atomic E-state index is 0.753. The minimum absolute atomic E-state index is 0.753. The Morgan fingerprint density at radius 2 is 2.05 bits per heavy atom. The van der Waals surface area contributed by atoms with E-state index in [-0.39, 0.29) is 0 Å². The van der Waals surface area contributed by atoms with Crippen LogP contribution in [0.3, 0.4) is 0 Å². The van der Waals surface area contributed by atoms with Crippen LogP contribution in [-0.4, -0.2) is 54.8 Å². The molecule has 1 aromatic rings. The third-order valence-corrected chi connectivity index (χ3v) is 4.39. The molecule has 0 bridgehead atoms. The van der Waals surface area contributed by atoms with E-state index in [9.17, 15) is 0 Å². The topological polar surface area (TPSA) is 47.5 Å². The predicted octanol–water partition coefficient (Wildman–Crippen LogP) is 1.31. The molecule has 0 N–H and O–H groups in total. The molecular formula is C15H23N3O2. The summed E-state index contributed by atoms with van der Waals surface area (Å²) < 4.78 is 10.8. The smallest absolute Gasteiger partial charge is 0.219 e. The van der Waals surface area contributed by atoms with E-state index in [0.29, 0.717) is 0 Å². The highest BCUT2D eigenvalue weighted by molar-refractivity contribution is 5.31. The fraction of sp³-hybridized carbons (Fsp3) is 0.733. The molecule has 2 aliphatic heterocycles. The molecule has 0 atom stereocenters. The summed E-state index contributed by atoms with van der Waals surface area (Å²) in [6.45, 7) is 5.21. The molecule has 0 saturated carbocycles. The Morgan fingerprint density at radius 1 is 1.25 bits per heavy atom. The number of rotatable bonds is 3. The third-order valence-electron chi connectivity index (χ3n) is 4.39. The molecule has 0 unspecified atom stereocenters. The van der Waals surface area contributed by atoms with Crippen LogP contribution in [0.4, 0.5) is 0 Å². The van der Waals surface area contributed by atoms with Crippen LogP contribution in [-0.2, 0) is 17.6 Å². The second kappa shape index (κ2) is 6.50. The molecule has 2 aliphatic rings. The van der Waals surface area contributed by atoms with Crippen molar-refractivity contribution in [2.75, 3.05) is 40.0 Å². The van der Waals surface area contributed by atoms with E-state index in [0.717, 1.165) is 56.6 Å². The van der Waals surface area contributed by atoms with Gasteiger partial charge in [0.1, 0.15) is 6.33 Å². The molecule has 110 valence electrons. The fourth-order valence-electron chi connectivity index (χ4n) is 3.20. The minimum Gasteiger partial charge on any atom is -0.481 e. The number of hydrogen-bond donors (Lipinski definition) is 0. The van der Waals surface area contributed by atoms with Gasteiger partial charge < -0.3 is 14.4 Å². The molecule has 20 heavy (non-hydrogen) atoms. The van der Waals surface area contributed by atoms with Gasteiger partial charge in [0.15, 0.2) is 0 Å². The number of hydrogen-bond acceptors (Lipinski definition) is 5. The van der Waals surface area contributed by atoms with Gasteiger partial charge in [-0.1, -0.05) is 0 Å². The lowest BCUT2D eigenvalue weighted by Gasteiger charge is -2.28. The van der Waals surface area contributed by atoms with Gasteiger partial charge in [0, 0.05) is 44.8 Å². The van der Waals surface area contributed by atoms with E-state index in [4.69, 9.17) is 9.47 Å². The molecule has 0 aliphatic carbocycles. The standard InChI is InChI=1S/C15H23N3O2/c1-19-15-13-2-6-18(7-3-14(13)16-11-17-15)10-12-4-8-20-9-5-12/h11-12H,2-10H2,1H3. The van der Waals surface area contributed by atoms with Crippen LogP contribution in [0.15, 0.2) is 6.33 Å². The summed E-state index contributed by atoms with van der Waals surface area (Å²) in [5, 5.41) is 0. The van der Waals surface area contributed by atoms with Gasteiger partial charge in [-0.15, -0.1) is 0 Å². The van der Waals surface area contributed by atoms with E-state index in [2.05, 4.69) is 14.9 Å². The Labute approximate surface area is 120 Å². The van der Waals surface area contributed by atoms with Crippen molar-refractivity contribution < 1.29 is 9.47 Å². The number of nitrogens with zero attached hydrogens (tertiary/aromatic N) is 3. The van der Waals surface area contributed by atoms with Crippen molar-refractivity contribution in [2.45, 2.75) is 25.7 Å². The second-order valence-corrected chi connectivity index (χ2v) is 5.66. The van der Waals surface area contributed by atoms with Gasteiger partial charge in [-0.3, -0.25) is 0 Å². The SMILES string of the molecule is COc1ncnc2c1CCN(CC1CCOCC1)CC2. The van der Waals surface area contributed by atoms with Gasteiger partial charge in [0.2, 0.25) is 5.88 Å². The van der Waals surface area contributed by atoms with Crippen LogP contribution in [0.25, 0.3) is 0 Å². The van der Waals surface area contributed by atoms with E-state index >= 15 is 0 Å². The van der Waals surface area contributed by atoms with E-state index in [1.165, 1.54) is 24.9 Å². The van der Waals surface area contributed by atoms with Crippen LogP contribution < -0.4 is 4.74 Å². The molecule has 5 nitrogen and oxygen atoms in total. The maximum absolute atomic E-state index is 5.44. The van der Waals surface area contributed by atoms with E-state index in [1.807, 2.05) is 0 Å². The predicted molar refractivity (Wildman–Crippen MR) is 76.0 cm³/mol. The number of fused-ring (bicyclic) bond motifs is 1.